The first kappa shape index (κ1) is 10.8. The topological polar surface area (TPSA) is 42.2 Å². The van der Waals surface area contributed by atoms with Gasteiger partial charge in [-0.05, 0) is 24.6 Å². The van der Waals surface area contributed by atoms with Crippen LogP contribution in [0.5, 0.6) is 0 Å². The molecule has 90 valence electrons. The molecule has 0 bridgehead atoms. The Balaban J connectivity index is 1.84. The Morgan fingerprint density at radius 1 is 1.06 bits per heavy atom. The predicted octanol–water partition coefficient (Wildman–Crippen LogP) is 2.90. The van der Waals surface area contributed by atoms with Gasteiger partial charge in [-0.1, -0.05) is 36.4 Å². The lowest BCUT2D eigenvalue weighted by molar-refractivity contribution is 0.853. The lowest BCUT2D eigenvalue weighted by atomic mass is 10.1. The highest BCUT2D eigenvalue weighted by Crippen LogP contribution is 2.16. The minimum atomic E-state index is 0.184. The molecule has 1 N–H and O–H groups in total. The maximum atomic E-state index is 4.42. The van der Waals surface area contributed by atoms with E-state index < -0.39 is 0 Å². The van der Waals surface area contributed by atoms with Crippen molar-refractivity contribution in [1.82, 2.24) is 14.6 Å². The normalized spacial score (nSPS) is 12.5. The molecule has 3 rings (SSSR count). The molecule has 2 aromatic heterocycles. The second-order valence-electron chi connectivity index (χ2n) is 4.22. The van der Waals surface area contributed by atoms with Gasteiger partial charge >= 0.3 is 0 Å². The third-order valence-electron chi connectivity index (χ3n) is 2.89. The fourth-order valence-electron chi connectivity index (χ4n) is 1.91. The number of nitrogens with zero attached hydrogens (tertiary/aromatic N) is 3. The standard InChI is InChI=1S/C14H14N4/c1-11(12-7-3-2-4-8-12)15-14-16-13-9-5-6-10-18(13)17-14/h2-11H,1H3,(H,15,17). The van der Waals surface area contributed by atoms with Gasteiger partial charge in [-0.25, -0.2) is 4.52 Å². The second-order valence-corrected chi connectivity index (χ2v) is 4.22. The van der Waals surface area contributed by atoms with E-state index in [-0.39, 0.29) is 6.04 Å². The van der Waals surface area contributed by atoms with E-state index in [0.29, 0.717) is 5.95 Å². The quantitative estimate of drug-likeness (QED) is 0.763. The van der Waals surface area contributed by atoms with Crippen molar-refractivity contribution in [2.45, 2.75) is 13.0 Å². The van der Waals surface area contributed by atoms with Crippen LogP contribution in [0.25, 0.3) is 5.65 Å². The van der Waals surface area contributed by atoms with Crippen LogP contribution in [0.3, 0.4) is 0 Å². The van der Waals surface area contributed by atoms with E-state index in [9.17, 15) is 0 Å². The van der Waals surface area contributed by atoms with E-state index in [1.165, 1.54) is 5.56 Å². The molecule has 0 spiro atoms. The number of anilines is 1. The molecule has 3 aromatic rings. The van der Waals surface area contributed by atoms with Crippen LogP contribution in [0.2, 0.25) is 0 Å². The van der Waals surface area contributed by atoms with E-state index in [2.05, 4.69) is 34.5 Å². The summed E-state index contributed by atoms with van der Waals surface area (Å²) < 4.78 is 1.76. The molecular formula is C14H14N4. The summed E-state index contributed by atoms with van der Waals surface area (Å²) in [5, 5.41) is 7.68. The lowest BCUT2D eigenvalue weighted by Gasteiger charge is -2.11. The van der Waals surface area contributed by atoms with Crippen LogP contribution >= 0.6 is 0 Å². The molecule has 0 aliphatic rings. The van der Waals surface area contributed by atoms with E-state index in [0.717, 1.165) is 5.65 Å². The molecule has 0 amide bonds. The minimum Gasteiger partial charge on any atom is -0.346 e. The van der Waals surface area contributed by atoms with Crippen LogP contribution in [0.4, 0.5) is 5.95 Å². The van der Waals surface area contributed by atoms with Crippen molar-refractivity contribution in [2.24, 2.45) is 0 Å². The van der Waals surface area contributed by atoms with Gasteiger partial charge in [0.15, 0.2) is 5.65 Å². The molecule has 0 radical (unpaired) electrons. The van der Waals surface area contributed by atoms with Crippen LogP contribution in [0.1, 0.15) is 18.5 Å². The third kappa shape index (κ3) is 2.05. The van der Waals surface area contributed by atoms with E-state index in [1.54, 1.807) is 4.52 Å². The molecule has 0 saturated carbocycles. The van der Waals surface area contributed by atoms with Crippen molar-refractivity contribution in [1.29, 1.82) is 0 Å². The molecule has 0 fully saturated rings. The fraction of sp³-hybridized carbons (Fsp3) is 0.143. The van der Waals surface area contributed by atoms with Crippen molar-refractivity contribution in [3.63, 3.8) is 0 Å². The SMILES string of the molecule is CC(Nc1nc2ccccn2n1)c1ccccc1. The number of rotatable bonds is 3. The van der Waals surface area contributed by atoms with Crippen LogP contribution in [-0.2, 0) is 0 Å². The average molecular weight is 238 g/mol. The summed E-state index contributed by atoms with van der Waals surface area (Å²) in [4.78, 5) is 4.42. The van der Waals surface area contributed by atoms with Crippen molar-refractivity contribution in [3.8, 4) is 0 Å². The molecule has 0 saturated heterocycles. The summed E-state index contributed by atoms with van der Waals surface area (Å²) in [7, 11) is 0. The summed E-state index contributed by atoms with van der Waals surface area (Å²) >= 11 is 0. The van der Waals surface area contributed by atoms with Gasteiger partial charge in [0.25, 0.3) is 0 Å². The number of hydrogen-bond donors (Lipinski definition) is 1. The Hall–Kier alpha value is -2.36. The summed E-state index contributed by atoms with van der Waals surface area (Å²) in [6.07, 6.45) is 1.89. The Kier molecular flexibility index (Phi) is 2.68. The zero-order valence-corrected chi connectivity index (χ0v) is 10.1. The highest BCUT2D eigenvalue weighted by molar-refractivity contribution is 5.43. The van der Waals surface area contributed by atoms with E-state index >= 15 is 0 Å². The number of pyridine rings is 1. The Labute approximate surface area is 105 Å². The van der Waals surface area contributed by atoms with Crippen molar-refractivity contribution in [2.75, 3.05) is 5.32 Å². The summed E-state index contributed by atoms with van der Waals surface area (Å²) in [5.74, 6) is 0.651. The second kappa shape index (κ2) is 4.49. The van der Waals surface area contributed by atoms with Gasteiger partial charge in [-0.2, -0.15) is 4.98 Å². The number of nitrogens with one attached hydrogen (secondary N) is 1. The summed E-state index contributed by atoms with van der Waals surface area (Å²) in [6, 6.07) is 16.3. The fourth-order valence-corrected chi connectivity index (χ4v) is 1.91. The molecule has 2 heterocycles. The van der Waals surface area contributed by atoms with Crippen molar-refractivity contribution >= 4 is 11.6 Å². The maximum absolute atomic E-state index is 4.42. The van der Waals surface area contributed by atoms with Crippen LogP contribution in [0, 0.1) is 0 Å². The van der Waals surface area contributed by atoms with Crippen molar-refractivity contribution < 1.29 is 0 Å². The van der Waals surface area contributed by atoms with Gasteiger partial charge in [0.05, 0.1) is 6.04 Å². The van der Waals surface area contributed by atoms with Crippen LogP contribution < -0.4 is 5.32 Å². The first-order valence-corrected chi connectivity index (χ1v) is 5.96. The highest BCUT2D eigenvalue weighted by atomic mass is 15.3. The Morgan fingerprint density at radius 2 is 1.83 bits per heavy atom. The molecule has 1 atom stereocenters. The lowest BCUT2D eigenvalue weighted by Crippen LogP contribution is -2.07. The minimum absolute atomic E-state index is 0.184. The smallest absolute Gasteiger partial charge is 0.243 e. The van der Waals surface area contributed by atoms with Crippen molar-refractivity contribution in [3.05, 3.63) is 60.3 Å². The molecule has 1 aromatic carbocycles. The Morgan fingerprint density at radius 3 is 2.61 bits per heavy atom. The van der Waals surface area contributed by atoms with Gasteiger partial charge in [-0.15, -0.1) is 5.10 Å². The molecule has 4 nitrogen and oxygen atoms in total. The number of fused-ring (bicyclic) bond motifs is 1. The maximum Gasteiger partial charge on any atom is 0.243 e. The van der Waals surface area contributed by atoms with E-state index in [1.807, 2.05) is 42.6 Å². The van der Waals surface area contributed by atoms with Gasteiger partial charge < -0.3 is 5.32 Å². The molecule has 0 aliphatic carbocycles. The van der Waals surface area contributed by atoms with Crippen LogP contribution in [0.15, 0.2) is 54.7 Å². The number of aromatic nitrogens is 3. The molecule has 0 aliphatic heterocycles. The third-order valence-corrected chi connectivity index (χ3v) is 2.89. The molecule has 4 heteroatoms. The zero-order valence-electron chi connectivity index (χ0n) is 10.1. The first-order valence-electron chi connectivity index (χ1n) is 5.96. The number of benzene rings is 1. The monoisotopic (exact) mass is 238 g/mol. The number of hydrogen-bond acceptors (Lipinski definition) is 3. The van der Waals surface area contributed by atoms with Crippen LogP contribution in [-0.4, -0.2) is 14.6 Å². The average Bonchev–Trinajstić information content (AvgIpc) is 2.82. The van der Waals surface area contributed by atoms with Gasteiger partial charge in [0.1, 0.15) is 0 Å². The largest absolute Gasteiger partial charge is 0.346 e. The summed E-state index contributed by atoms with van der Waals surface area (Å²) in [6.45, 7) is 2.10. The van der Waals surface area contributed by atoms with Gasteiger partial charge in [0, 0.05) is 6.20 Å². The first-order chi connectivity index (χ1) is 8.83. The van der Waals surface area contributed by atoms with E-state index in [4.69, 9.17) is 0 Å². The zero-order chi connectivity index (χ0) is 12.4. The highest BCUT2D eigenvalue weighted by Gasteiger charge is 2.08. The molecule has 1 unspecified atom stereocenters. The molecular weight excluding hydrogens is 224 g/mol. The molecule has 18 heavy (non-hydrogen) atoms. The van der Waals surface area contributed by atoms with Gasteiger partial charge in [-0.3, -0.25) is 0 Å². The Bertz CT molecular complexity index is 612. The van der Waals surface area contributed by atoms with Gasteiger partial charge in [0.2, 0.25) is 5.95 Å². The predicted molar refractivity (Wildman–Crippen MR) is 71.5 cm³/mol. The summed E-state index contributed by atoms with van der Waals surface area (Å²) in [5.41, 5.74) is 2.07.